The zero-order valence-corrected chi connectivity index (χ0v) is 9.20. The van der Waals surface area contributed by atoms with Crippen LogP contribution in [0.5, 0.6) is 5.75 Å². The van der Waals surface area contributed by atoms with Crippen LogP contribution in [0.2, 0.25) is 0 Å². The second-order valence-corrected chi connectivity index (χ2v) is 3.13. The maximum Gasteiger partial charge on any atom is 0.573 e. The third kappa shape index (κ3) is 5.24. The molecule has 1 aromatic carbocycles. The lowest BCUT2D eigenvalue weighted by atomic mass is 10.2. The Morgan fingerprint density at radius 2 is 2.00 bits per heavy atom. The van der Waals surface area contributed by atoms with Crippen molar-refractivity contribution in [2.75, 3.05) is 0 Å². The molecule has 0 aromatic heterocycles. The normalized spacial score (nSPS) is 11.8. The second-order valence-electron chi connectivity index (χ2n) is 3.13. The Hall–Kier alpha value is -1.72. The van der Waals surface area contributed by atoms with E-state index in [1.165, 1.54) is 24.4 Å². The molecule has 3 nitrogen and oxygen atoms in total. The molecule has 0 heterocycles. The molecule has 0 amide bonds. The summed E-state index contributed by atoms with van der Waals surface area (Å²) in [4.78, 5) is 4.84. The highest BCUT2D eigenvalue weighted by molar-refractivity contribution is 5.55. The van der Waals surface area contributed by atoms with Gasteiger partial charge in [0.2, 0.25) is 0 Å². The summed E-state index contributed by atoms with van der Waals surface area (Å²) in [7, 11) is 0. The molecule has 0 atom stereocenters. The number of alkyl halides is 3. The molecule has 0 spiro atoms. The third-order valence-electron chi connectivity index (χ3n) is 1.75. The highest BCUT2D eigenvalue weighted by atomic mass is 19.4. The van der Waals surface area contributed by atoms with Crippen LogP contribution >= 0.6 is 0 Å². The number of hydrogen-bond donors (Lipinski definition) is 0. The fourth-order valence-electron chi connectivity index (χ4n) is 1.08. The lowest BCUT2D eigenvalue weighted by molar-refractivity contribution is -0.275. The minimum atomic E-state index is -4.71. The molecule has 0 aliphatic rings. The first-order valence-electron chi connectivity index (χ1n) is 5.00. The first-order valence-corrected chi connectivity index (χ1v) is 5.00. The van der Waals surface area contributed by atoms with E-state index in [1.807, 2.05) is 6.92 Å². The van der Waals surface area contributed by atoms with Crippen molar-refractivity contribution in [3.8, 4) is 5.75 Å². The van der Waals surface area contributed by atoms with Crippen molar-refractivity contribution in [3.05, 3.63) is 29.8 Å². The molecule has 94 valence electrons. The number of ether oxygens (including phenoxy) is 1. The van der Waals surface area contributed by atoms with Crippen LogP contribution in [0.25, 0.3) is 0 Å². The van der Waals surface area contributed by atoms with Crippen LogP contribution in [-0.2, 0) is 11.4 Å². The predicted octanol–water partition coefficient (Wildman–Crippen LogP) is 3.50. The van der Waals surface area contributed by atoms with E-state index in [4.69, 9.17) is 4.84 Å². The Labute approximate surface area is 96.8 Å². The van der Waals surface area contributed by atoms with E-state index in [1.54, 1.807) is 6.07 Å². The summed E-state index contributed by atoms with van der Waals surface area (Å²) in [6.45, 7) is 1.80. The van der Waals surface area contributed by atoms with Gasteiger partial charge < -0.3 is 9.57 Å². The van der Waals surface area contributed by atoms with Gasteiger partial charge in [-0.1, -0.05) is 30.3 Å². The zero-order valence-electron chi connectivity index (χ0n) is 9.20. The van der Waals surface area contributed by atoms with Gasteiger partial charge >= 0.3 is 6.36 Å². The van der Waals surface area contributed by atoms with Gasteiger partial charge in [-0.05, 0) is 12.5 Å². The topological polar surface area (TPSA) is 30.8 Å². The van der Waals surface area contributed by atoms with Crippen LogP contribution < -0.4 is 4.74 Å². The van der Waals surface area contributed by atoms with Gasteiger partial charge in [0, 0.05) is 11.8 Å². The van der Waals surface area contributed by atoms with Crippen LogP contribution in [0.15, 0.2) is 29.4 Å². The van der Waals surface area contributed by atoms with Gasteiger partial charge in [0.1, 0.15) is 12.4 Å². The summed E-state index contributed by atoms with van der Waals surface area (Å²) in [5, 5.41) is 3.56. The zero-order chi connectivity index (χ0) is 12.7. The van der Waals surface area contributed by atoms with Gasteiger partial charge in [-0.15, -0.1) is 13.2 Å². The summed E-state index contributed by atoms with van der Waals surface area (Å²) < 4.78 is 40.1. The van der Waals surface area contributed by atoms with E-state index in [0.29, 0.717) is 6.42 Å². The van der Waals surface area contributed by atoms with Crippen molar-refractivity contribution < 1.29 is 22.7 Å². The molecule has 0 saturated heterocycles. The number of halogens is 3. The molecule has 0 aliphatic carbocycles. The van der Waals surface area contributed by atoms with E-state index >= 15 is 0 Å². The number of oxime groups is 1. The molecule has 1 aromatic rings. The number of benzene rings is 1. The van der Waals surface area contributed by atoms with Crippen LogP contribution in [0.1, 0.15) is 18.9 Å². The number of nitrogens with zero attached hydrogens (tertiary/aromatic N) is 1. The average molecular weight is 247 g/mol. The highest BCUT2D eigenvalue weighted by Gasteiger charge is 2.31. The van der Waals surface area contributed by atoms with E-state index in [2.05, 4.69) is 9.89 Å². The van der Waals surface area contributed by atoms with Crippen LogP contribution in [0, 0.1) is 0 Å². The first-order chi connectivity index (χ1) is 8.03. The van der Waals surface area contributed by atoms with Crippen molar-refractivity contribution in [2.45, 2.75) is 26.3 Å². The first kappa shape index (κ1) is 13.3. The largest absolute Gasteiger partial charge is 0.573 e. The van der Waals surface area contributed by atoms with Crippen LogP contribution in [-0.4, -0.2) is 12.6 Å². The van der Waals surface area contributed by atoms with E-state index in [0.717, 1.165) is 0 Å². The van der Waals surface area contributed by atoms with Crippen LogP contribution in [0.4, 0.5) is 13.2 Å². The van der Waals surface area contributed by atoms with Crippen molar-refractivity contribution in [3.63, 3.8) is 0 Å². The molecule has 0 aliphatic heterocycles. The molecular formula is C11H12F3NO2. The molecule has 0 bridgehead atoms. The minimum absolute atomic E-state index is 0.0667. The van der Waals surface area contributed by atoms with E-state index in [-0.39, 0.29) is 17.9 Å². The van der Waals surface area contributed by atoms with Crippen molar-refractivity contribution in [1.82, 2.24) is 0 Å². The summed E-state index contributed by atoms with van der Waals surface area (Å²) in [6.07, 6.45) is -2.49. The fraction of sp³-hybridized carbons (Fsp3) is 0.364. The van der Waals surface area contributed by atoms with Gasteiger partial charge in [-0.2, -0.15) is 0 Å². The quantitative estimate of drug-likeness (QED) is 0.589. The molecule has 0 fully saturated rings. The van der Waals surface area contributed by atoms with Crippen molar-refractivity contribution in [1.29, 1.82) is 0 Å². The second kappa shape index (κ2) is 6.12. The van der Waals surface area contributed by atoms with Gasteiger partial charge in [0.25, 0.3) is 0 Å². The Morgan fingerprint density at radius 1 is 1.29 bits per heavy atom. The number of para-hydroxylation sites is 1. The lowest BCUT2D eigenvalue weighted by Gasteiger charge is -2.12. The van der Waals surface area contributed by atoms with Crippen molar-refractivity contribution >= 4 is 6.21 Å². The van der Waals surface area contributed by atoms with Crippen LogP contribution in [0.3, 0.4) is 0 Å². The molecule has 6 heteroatoms. The molecular weight excluding hydrogens is 235 g/mol. The molecule has 0 saturated carbocycles. The maximum absolute atomic E-state index is 12.1. The van der Waals surface area contributed by atoms with Gasteiger partial charge in [-0.3, -0.25) is 0 Å². The maximum atomic E-state index is 12.1. The van der Waals surface area contributed by atoms with Gasteiger partial charge in [-0.25, -0.2) is 0 Å². The minimum Gasteiger partial charge on any atom is -0.405 e. The molecule has 1 rings (SSSR count). The fourth-order valence-corrected chi connectivity index (χ4v) is 1.08. The van der Waals surface area contributed by atoms with Gasteiger partial charge in [0.15, 0.2) is 0 Å². The summed E-state index contributed by atoms with van der Waals surface area (Å²) in [6, 6.07) is 5.78. The van der Waals surface area contributed by atoms with Gasteiger partial charge in [0.05, 0.1) is 0 Å². The summed E-state index contributed by atoms with van der Waals surface area (Å²) in [5.74, 6) is -0.272. The summed E-state index contributed by atoms with van der Waals surface area (Å²) >= 11 is 0. The standard InChI is InChI=1S/C11H12F3NO2/c1-2-7-15-16-8-9-5-3-4-6-10(9)17-11(12,13)14/h3-7H,2,8H2,1H3. The molecule has 0 radical (unpaired) electrons. The Kier molecular flexibility index (Phi) is 4.81. The smallest absolute Gasteiger partial charge is 0.405 e. The van der Waals surface area contributed by atoms with E-state index in [9.17, 15) is 13.2 Å². The number of hydrogen-bond acceptors (Lipinski definition) is 3. The lowest BCUT2D eigenvalue weighted by Crippen LogP contribution is -2.18. The molecule has 0 N–H and O–H groups in total. The number of rotatable bonds is 5. The monoisotopic (exact) mass is 247 g/mol. The Bertz CT molecular complexity index is 377. The highest BCUT2D eigenvalue weighted by Crippen LogP contribution is 2.26. The predicted molar refractivity (Wildman–Crippen MR) is 56.7 cm³/mol. The Morgan fingerprint density at radius 3 is 2.65 bits per heavy atom. The summed E-state index contributed by atoms with van der Waals surface area (Å²) in [5.41, 5.74) is 0.290. The average Bonchev–Trinajstić information content (AvgIpc) is 2.24. The molecule has 17 heavy (non-hydrogen) atoms. The van der Waals surface area contributed by atoms with E-state index < -0.39 is 6.36 Å². The Balaban J connectivity index is 2.67. The molecule has 0 unspecified atom stereocenters. The van der Waals surface area contributed by atoms with Crippen molar-refractivity contribution in [2.24, 2.45) is 5.16 Å². The third-order valence-corrected chi connectivity index (χ3v) is 1.75. The SMILES string of the molecule is CCC=NOCc1ccccc1OC(F)(F)F.